The highest BCUT2D eigenvalue weighted by Crippen LogP contribution is 2.38. The summed E-state index contributed by atoms with van der Waals surface area (Å²) in [4.78, 5) is 27.2. The number of benzene rings is 3. The van der Waals surface area contributed by atoms with Gasteiger partial charge in [0.2, 0.25) is 0 Å². The molecule has 0 aromatic heterocycles. The summed E-state index contributed by atoms with van der Waals surface area (Å²) in [5.74, 6) is 0.591. The molecule has 0 bridgehead atoms. The number of methoxy groups -OCH3 is 1. The van der Waals surface area contributed by atoms with Crippen LogP contribution in [0.4, 0.5) is 11.4 Å². The van der Waals surface area contributed by atoms with Gasteiger partial charge in [-0.05, 0) is 79.1 Å². The molecule has 1 aliphatic rings. The summed E-state index contributed by atoms with van der Waals surface area (Å²) in [6.07, 6.45) is 1.76. The molecule has 1 saturated heterocycles. The maximum absolute atomic E-state index is 13.0. The topological polar surface area (TPSA) is 67.9 Å². The van der Waals surface area contributed by atoms with Gasteiger partial charge < -0.3 is 14.8 Å². The lowest BCUT2D eigenvalue weighted by molar-refractivity contribution is -0.118. The number of thioether (sulfide) groups is 1. The van der Waals surface area contributed by atoms with E-state index in [1.165, 1.54) is 23.8 Å². The van der Waals surface area contributed by atoms with Crippen molar-refractivity contribution in [1.82, 2.24) is 0 Å². The van der Waals surface area contributed by atoms with E-state index in [9.17, 15) is 9.59 Å². The second-order valence-corrected chi connectivity index (χ2v) is 10.1. The zero-order chi connectivity index (χ0) is 25.8. The third-order valence-corrected chi connectivity index (χ3v) is 7.12. The zero-order valence-corrected chi connectivity index (χ0v) is 22.2. The number of hydrogen-bond acceptors (Lipinski definition) is 6. The van der Waals surface area contributed by atoms with Crippen LogP contribution < -0.4 is 19.7 Å². The number of anilines is 2. The average Bonchev–Trinajstić information content (AvgIpc) is 3.13. The van der Waals surface area contributed by atoms with Gasteiger partial charge in [0, 0.05) is 5.69 Å². The summed E-state index contributed by atoms with van der Waals surface area (Å²) in [7, 11) is 1.53. The van der Waals surface area contributed by atoms with Crippen LogP contribution in [0.25, 0.3) is 6.08 Å². The van der Waals surface area contributed by atoms with Crippen molar-refractivity contribution in [1.29, 1.82) is 0 Å². The van der Waals surface area contributed by atoms with E-state index >= 15 is 0 Å². The quantitative estimate of drug-likeness (QED) is 0.278. The molecule has 0 aliphatic carbocycles. The van der Waals surface area contributed by atoms with E-state index in [4.69, 9.17) is 33.3 Å². The fourth-order valence-corrected chi connectivity index (χ4v) is 5.01. The number of amides is 2. The lowest BCUT2D eigenvalue weighted by Crippen LogP contribution is -2.27. The van der Waals surface area contributed by atoms with E-state index in [0.717, 1.165) is 22.4 Å². The molecule has 184 valence electrons. The number of hydrogen-bond donors (Lipinski definition) is 1. The molecule has 0 atom stereocenters. The van der Waals surface area contributed by atoms with Crippen LogP contribution in [0, 0.1) is 13.8 Å². The first-order chi connectivity index (χ1) is 17.2. The van der Waals surface area contributed by atoms with Crippen molar-refractivity contribution in [3.8, 4) is 11.5 Å². The largest absolute Gasteiger partial charge is 0.495 e. The molecule has 1 N–H and O–H groups in total. The van der Waals surface area contributed by atoms with Crippen LogP contribution >= 0.6 is 35.6 Å². The van der Waals surface area contributed by atoms with Gasteiger partial charge in [-0.2, -0.15) is 0 Å². The molecule has 0 unspecified atom stereocenters. The Morgan fingerprint density at radius 3 is 2.50 bits per heavy atom. The van der Waals surface area contributed by atoms with E-state index in [0.29, 0.717) is 31.4 Å². The summed E-state index contributed by atoms with van der Waals surface area (Å²) < 4.78 is 11.2. The van der Waals surface area contributed by atoms with Crippen molar-refractivity contribution in [2.24, 2.45) is 0 Å². The molecular formula is C27H23ClN2O4S2. The van der Waals surface area contributed by atoms with Crippen molar-refractivity contribution in [2.45, 2.75) is 13.8 Å². The van der Waals surface area contributed by atoms with Crippen LogP contribution in [0.15, 0.2) is 65.6 Å². The number of carbonyl (C=O) groups is 2. The number of nitrogens with zero attached hydrogens (tertiary/aromatic N) is 1. The Hall–Kier alpha value is -3.33. The van der Waals surface area contributed by atoms with E-state index in [2.05, 4.69) is 5.32 Å². The molecule has 36 heavy (non-hydrogen) atoms. The fraction of sp³-hybridized carbons (Fsp3) is 0.148. The Labute approximate surface area is 224 Å². The fourth-order valence-electron chi connectivity index (χ4n) is 3.46. The van der Waals surface area contributed by atoms with Gasteiger partial charge in [0.05, 0.1) is 22.7 Å². The first kappa shape index (κ1) is 25.8. The van der Waals surface area contributed by atoms with Crippen molar-refractivity contribution >= 4 is 69.2 Å². The maximum Gasteiger partial charge on any atom is 0.270 e. The highest BCUT2D eigenvalue weighted by Gasteiger charge is 2.33. The SMILES string of the molecule is COc1ccc(N2C(=O)/C(=C/c3ccc(OCC(=O)Nc4ccc(C)c(C)c4)cc3)SC2=S)cc1Cl. The number of aryl methyl sites for hydroxylation is 2. The van der Waals surface area contributed by atoms with Crippen molar-refractivity contribution in [2.75, 3.05) is 23.9 Å². The number of ether oxygens (including phenoxy) is 2. The zero-order valence-electron chi connectivity index (χ0n) is 19.8. The lowest BCUT2D eigenvalue weighted by Gasteiger charge is -2.15. The van der Waals surface area contributed by atoms with E-state index in [1.54, 1.807) is 36.4 Å². The van der Waals surface area contributed by atoms with Gasteiger partial charge in [0.15, 0.2) is 10.9 Å². The second kappa shape index (κ2) is 11.2. The third kappa shape index (κ3) is 5.90. The van der Waals surface area contributed by atoms with Crippen molar-refractivity contribution < 1.29 is 19.1 Å². The smallest absolute Gasteiger partial charge is 0.270 e. The maximum atomic E-state index is 13.0. The van der Waals surface area contributed by atoms with Crippen LogP contribution in [-0.2, 0) is 9.59 Å². The molecular weight excluding hydrogens is 516 g/mol. The van der Waals surface area contributed by atoms with Crippen molar-refractivity contribution in [3.63, 3.8) is 0 Å². The van der Waals surface area contributed by atoms with Gasteiger partial charge in [-0.25, -0.2) is 0 Å². The number of rotatable bonds is 7. The molecule has 3 aromatic rings. The number of nitrogens with one attached hydrogen (secondary N) is 1. The molecule has 0 spiro atoms. The molecule has 2 amide bonds. The van der Waals surface area contributed by atoms with E-state index in [1.807, 2.05) is 44.2 Å². The van der Waals surface area contributed by atoms with Gasteiger partial charge >= 0.3 is 0 Å². The lowest BCUT2D eigenvalue weighted by atomic mass is 10.1. The molecule has 1 aliphatic heterocycles. The molecule has 1 fully saturated rings. The normalized spacial score (nSPS) is 14.3. The predicted molar refractivity (Wildman–Crippen MR) is 150 cm³/mol. The number of carbonyl (C=O) groups excluding carboxylic acids is 2. The summed E-state index contributed by atoms with van der Waals surface area (Å²) >= 11 is 12.9. The molecule has 1 heterocycles. The van der Waals surface area contributed by atoms with Crippen LogP contribution in [-0.4, -0.2) is 29.9 Å². The monoisotopic (exact) mass is 538 g/mol. The van der Waals surface area contributed by atoms with Crippen LogP contribution in [0.1, 0.15) is 16.7 Å². The van der Waals surface area contributed by atoms with Crippen LogP contribution in [0.5, 0.6) is 11.5 Å². The van der Waals surface area contributed by atoms with Gasteiger partial charge in [0.1, 0.15) is 11.5 Å². The molecule has 3 aromatic carbocycles. The number of halogens is 1. The summed E-state index contributed by atoms with van der Waals surface area (Å²) in [6.45, 7) is 3.90. The van der Waals surface area contributed by atoms with Crippen LogP contribution in [0.3, 0.4) is 0 Å². The first-order valence-electron chi connectivity index (χ1n) is 11.0. The standard InChI is InChI=1S/C27H23ClN2O4S2/c1-16-4-7-19(12-17(16)2)29-25(31)15-34-21-9-5-18(6-10-21)13-24-26(32)30(27(35)36-24)20-8-11-23(33-3)22(28)14-20/h4-14H,15H2,1-3H3,(H,29,31)/b24-13-. The molecule has 4 rings (SSSR count). The molecule has 9 heteroatoms. The first-order valence-corrected chi connectivity index (χ1v) is 12.6. The summed E-state index contributed by atoms with van der Waals surface area (Å²) in [5.41, 5.74) is 4.38. The second-order valence-electron chi connectivity index (χ2n) is 8.04. The predicted octanol–water partition coefficient (Wildman–Crippen LogP) is 6.39. The van der Waals surface area contributed by atoms with Crippen LogP contribution in [0.2, 0.25) is 5.02 Å². The minimum Gasteiger partial charge on any atom is -0.495 e. The highest BCUT2D eigenvalue weighted by atomic mass is 35.5. The van der Waals surface area contributed by atoms with Gasteiger partial charge in [-0.1, -0.05) is 53.8 Å². The molecule has 0 saturated carbocycles. The van der Waals surface area contributed by atoms with Crippen molar-refractivity contribution in [3.05, 3.63) is 87.3 Å². The van der Waals surface area contributed by atoms with Gasteiger partial charge in [0.25, 0.3) is 11.8 Å². The highest BCUT2D eigenvalue weighted by molar-refractivity contribution is 8.27. The van der Waals surface area contributed by atoms with E-state index < -0.39 is 0 Å². The molecule has 6 nitrogen and oxygen atoms in total. The Balaban J connectivity index is 1.38. The number of thiocarbonyl (C=S) groups is 1. The third-order valence-electron chi connectivity index (χ3n) is 5.53. The Morgan fingerprint density at radius 2 is 1.83 bits per heavy atom. The van der Waals surface area contributed by atoms with Gasteiger partial charge in [-0.15, -0.1) is 0 Å². The average molecular weight is 539 g/mol. The van der Waals surface area contributed by atoms with Gasteiger partial charge in [-0.3, -0.25) is 14.5 Å². The summed E-state index contributed by atoms with van der Waals surface area (Å²) in [5, 5.41) is 3.23. The minimum atomic E-state index is -0.246. The Bertz CT molecular complexity index is 1370. The Kier molecular flexibility index (Phi) is 7.98. The molecule has 0 radical (unpaired) electrons. The minimum absolute atomic E-state index is 0.116. The summed E-state index contributed by atoms with van der Waals surface area (Å²) in [6, 6.07) is 18.0. The Morgan fingerprint density at radius 1 is 1.08 bits per heavy atom. The van der Waals surface area contributed by atoms with E-state index in [-0.39, 0.29) is 18.4 Å².